The van der Waals surface area contributed by atoms with Gasteiger partial charge in [-0.1, -0.05) is 5.21 Å². The van der Waals surface area contributed by atoms with Gasteiger partial charge in [0.05, 0.1) is 24.5 Å². The number of nitrogens with one attached hydrogen (secondary N) is 1. The molecule has 0 aromatic carbocycles. The Morgan fingerprint density at radius 1 is 1.20 bits per heavy atom. The molecular formula is C17H19N7O. The molecule has 8 nitrogen and oxygen atoms in total. The maximum Gasteiger partial charge on any atom is 0.239 e. The van der Waals surface area contributed by atoms with E-state index in [9.17, 15) is 4.79 Å². The van der Waals surface area contributed by atoms with Crippen LogP contribution in [0.15, 0.2) is 30.7 Å². The van der Waals surface area contributed by atoms with Gasteiger partial charge in [0.25, 0.3) is 0 Å². The number of amides is 1. The zero-order valence-electron chi connectivity index (χ0n) is 14.0. The molecule has 4 heterocycles. The second-order valence-corrected chi connectivity index (χ2v) is 6.30. The van der Waals surface area contributed by atoms with Gasteiger partial charge in [0, 0.05) is 24.2 Å². The van der Waals surface area contributed by atoms with Crippen LogP contribution in [-0.4, -0.2) is 55.4 Å². The number of aryl methyl sites for hydroxylation is 1. The van der Waals surface area contributed by atoms with E-state index in [1.54, 1.807) is 17.1 Å². The highest BCUT2D eigenvalue weighted by Gasteiger charge is 2.15. The van der Waals surface area contributed by atoms with E-state index >= 15 is 0 Å². The number of nitrogens with zero attached hydrogens (tertiary/aromatic N) is 6. The molecule has 1 N–H and O–H groups in total. The molecule has 1 amide bonds. The molecule has 4 rings (SSSR count). The molecule has 0 radical (unpaired) electrons. The van der Waals surface area contributed by atoms with E-state index in [-0.39, 0.29) is 5.91 Å². The van der Waals surface area contributed by atoms with Crippen molar-refractivity contribution in [3.63, 3.8) is 0 Å². The molecular weight excluding hydrogens is 318 g/mol. The predicted molar refractivity (Wildman–Crippen MR) is 93.8 cm³/mol. The number of fused-ring (bicyclic) bond motifs is 1. The van der Waals surface area contributed by atoms with Crippen LogP contribution in [0.2, 0.25) is 0 Å². The molecule has 0 spiro atoms. The van der Waals surface area contributed by atoms with Gasteiger partial charge in [-0.15, -0.1) is 5.10 Å². The minimum absolute atomic E-state index is 0.0354. The van der Waals surface area contributed by atoms with Gasteiger partial charge < -0.3 is 5.32 Å². The molecule has 0 unspecified atom stereocenters. The fraction of sp³-hybridized carbons (Fsp3) is 0.353. The Morgan fingerprint density at radius 2 is 2.04 bits per heavy atom. The SMILES string of the molecule is Cn1cc(-c2cnc3cnc(NC(=O)CN4CCCC4)cc3c2)nn1. The number of hydrogen-bond acceptors (Lipinski definition) is 6. The summed E-state index contributed by atoms with van der Waals surface area (Å²) in [6.07, 6.45) is 7.58. The highest BCUT2D eigenvalue weighted by Crippen LogP contribution is 2.22. The number of aromatic nitrogens is 5. The van der Waals surface area contributed by atoms with Crippen molar-refractivity contribution < 1.29 is 4.79 Å². The number of likely N-dealkylation sites (tertiary alicyclic amines) is 1. The van der Waals surface area contributed by atoms with Crippen molar-refractivity contribution in [2.75, 3.05) is 25.0 Å². The quantitative estimate of drug-likeness (QED) is 0.775. The Morgan fingerprint density at radius 3 is 2.80 bits per heavy atom. The van der Waals surface area contributed by atoms with Crippen LogP contribution < -0.4 is 5.32 Å². The van der Waals surface area contributed by atoms with Gasteiger partial charge in [-0.05, 0) is 38.1 Å². The number of carbonyl (C=O) groups is 1. The summed E-state index contributed by atoms with van der Waals surface area (Å²) in [7, 11) is 1.82. The monoisotopic (exact) mass is 337 g/mol. The topological polar surface area (TPSA) is 88.8 Å². The van der Waals surface area contributed by atoms with Gasteiger partial charge in [0.1, 0.15) is 11.5 Å². The summed E-state index contributed by atoms with van der Waals surface area (Å²) in [4.78, 5) is 23.0. The maximum absolute atomic E-state index is 12.2. The minimum atomic E-state index is -0.0354. The third-order valence-electron chi connectivity index (χ3n) is 4.30. The van der Waals surface area contributed by atoms with Crippen molar-refractivity contribution in [2.24, 2.45) is 7.05 Å². The van der Waals surface area contributed by atoms with Gasteiger partial charge in [-0.3, -0.25) is 19.4 Å². The van der Waals surface area contributed by atoms with Gasteiger partial charge >= 0.3 is 0 Å². The number of pyridine rings is 2. The molecule has 1 aliphatic rings. The maximum atomic E-state index is 12.2. The summed E-state index contributed by atoms with van der Waals surface area (Å²) < 4.78 is 1.65. The van der Waals surface area contributed by atoms with Crippen molar-refractivity contribution in [1.29, 1.82) is 0 Å². The zero-order valence-corrected chi connectivity index (χ0v) is 14.0. The molecule has 0 atom stereocenters. The molecule has 0 saturated carbocycles. The van der Waals surface area contributed by atoms with Gasteiger partial charge in [0.15, 0.2) is 0 Å². The summed E-state index contributed by atoms with van der Waals surface area (Å²) in [5, 5.41) is 11.8. The van der Waals surface area contributed by atoms with E-state index < -0.39 is 0 Å². The Bertz CT molecular complexity index is 914. The first-order valence-electron chi connectivity index (χ1n) is 8.32. The first kappa shape index (κ1) is 15.6. The molecule has 1 fully saturated rings. The minimum Gasteiger partial charge on any atom is -0.310 e. The molecule has 128 valence electrons. The smallest absolute Gasteiger partial charge is 0.239 e. The van der Waals surface area contributed by atoms with Crippen LogP contribution in [0.5, 0.6) is 0 Å². The number of hydrogen-bond donors (Lipinski definition) is 1. The third kappa shape index (κ3) is 3.48. The highest BCUT2D eigenvalue weighted by atomic mass is 16.2. The van der Waals surface area contributed by atoms with Crippen molar-refractivity contribution in [1.82, 2.24) is 29.9 Å². The van der Waals surface area contributed by atoms with Crippen LogP contribution in [0.4, 0.5) is 5.82 Å². The lowest BCUT2D eigenvalue weighted by atomic mass is 10.1. The van der Waals surface area contributed by atoms with Gasteiger partial charge in [-0.25, -0.2) is 4.98 Å². The van der Waals surface area contributed by atoms with Crippen LogP contribution in [0.25, 0.3) is 22.2 Å². The molecule has 3 aromatic heterocycles. The summed E-state index contributed by atoms with van der Waals surface area (Å²) >= 11 is 0. The first-order chi connectivity index (χ1) is 12.2. The Hall–Kier alpha value is -2.87. The average molecular weight is 337 g/mol. The fourth-order valence-corrected chi connectivity index (χ4v) is 3.05. The molecule has 1 saturated heterocycles. The van der Waals surface area contributed by atoms with Crippen molar-refractivity contribution in [3.05, 3.63) is 30.7 Å². The van der Waals surface area contributed by atoms with Crippen molar-refractivity contribution in [2.45, 2.75) is 12.8 Å². The second-order valence-electron chi connectivity index (χ2n) is 6.30. The Labute approximate surface area is 144 Å². The molecule has 0 aliphatic carbocycles. The Balaban J connectivity index is 1.54. The molecule has 25 heavy (non-hydrogen) atoms. The standard InChI is InChI=1S/C17H19N7O/c1-23-10-15(21-22-23)13-6-12-7-16(19-9-14(12)18-8-13)20-17(25)11-24-4-2-3-5-24/h6-10H,2-5,11H2,1H3,(H,19,20,25). The van der Waals surface area contributed by atoms with Crippen LogP contribution >= 0.6 is 0 Å². The molecule has 3 aromatic rings. The molecule has 1 aliphatic heterocycles. The van der Waals surface area contributed by atoms with Crippen LogP contribution in [0.3, 0.4) is 0 Å². The highest BCUT2D eigenvalue weighted by molar-refractivity contribution is 5.93. The predicted octanol–water partition coefficient (Wildman–Crippen LogP) is 1.46. The fourth-order valence-electron chi connectivity index (χ4n) is 3.05. The summed E-state index contributed by atoms with van der Waals surface area (Å²) in [6.45, 7) is 2.39. The van der Waals surface area contributed by atoms with Crippen LogP contribution in [-0.2, 0) is 11.8 Å². The van der Waals surface area contributed by atoms with Gasteiger partial charge in [-0.2, -0.15) is 0 Å². The molecule has 0 bridgehead atoms. The zero-order chi connectivity index (χ0) is 17.2. The lowest BCUT2D eigenvalue weighted by molar-refractivity contribution is -0.117. The van der Waals surface area contributed by atoms with Crippen LogP contribution in [0, 0.1) is 0 Å². The lowest BCUT2D eigenvalue weighted by Crippen LogP contribution is -2.31. The summed E-state index contributed by atoms with van der Waals surface area (Å²) in [6, 6.07) is 3.81. The van der Waals surface area contributed by atoms with E-state index in [0.717, 1.165) is 35.2 Å². The number of anilines is 1. The second kappa shape index (κ2) is 6.56. The van der Waals surface area contributed by atoms with Crippen LogP contribution in [0.1, 0.15) is 12.8 Å². The van der Waals surface area contributed by atoms with E-state index in [1.165, 1.54) is 12.8 Å². The van der Waals surface area contributed by atoms with E-state index in [2.05, 4.69) is 30.5 Å². The average Bonchev–Trinajstić information content (AvgIpc) is 3.26. The number of carbonyl (C=O) groups excluding carboxylic acids is 1. The summed E-state index contributed by atoms with van der Waals surface area (Å²) in [5.74, 6) is 0.501. The van der Waals surface area contributed by atoms with Gasteiger partial charge in [0.2, 0.25) is 5.91 Å². The van der Waals surface area contributed by atoms with E-state index in [0.29, 0.717) is 12.4 Å². The normalized spacial score (nSPS) is 14.9. The Kier molecular flexibility index (Phi) is 4.10. The van der Waals surface area contributed by atoms with E-state index in [1.807, 2.05) is 25.4 Å². The lowest BCUT2D eigenvalue weighted by Gasteiger charge is -2.13. The van der Waals surface area contributed by atoms with Crippen molar-refractivity contribution >= 4 is 22.6 Å². The first-order valence-corrected chi connectivity index (χ1v) is 8.32. The summed E-state index contributed by atoms with van der Waals surface area (Å²) in [5.41, 5.74) is 2.40. The number of rotatable bonds is 4. The van der Waals surface area contributed by atoms with Crippen molar-refractivity contribution in [3.8, 4) is 11.3 Å². The largest absolute Gasteiger partial charge is 0.310 e. The molecule has 8 heteroatoms. The third-order valence-corrected chi connectivity index (χ3v) is 4.30. The van der Waals surface area contributed by atoms with E-state index in [4.69, 9.17) is 0 Å².